The lowest BCUT2D eigenvalue weighted by molar-refractivity contribution is -0.129. The number of carbonyl (C=O) groups excluding carboxylic acids is 1. The molecule has 90 valence electrons. The molecule has 7 heteroatoms. The van der Waals surface area contributed by atoms with Crippen molar-refractivity contribution in [1.29, 1.82) is 0 Å². The minimum absolute atomic E-state index is 0.464. The van der Waals surface area contributed by atoms with Gasteiger partial charge in [0.05, 0.1) is 12.0 Å². The lowest BCUT2D eigenvalue weighted by Crippen LogP contribution is -2.18. The standard InChI is InChI=1S/C10H7F2NO4/c11-5-1-2-6(7(12)3-5)9(14)4-8(13-17)10(15)16/h1-3,17H,4H2,(H,15,16)/b13-8+. The highest BCUT2D eigenvalue weighted by atomic mass is 19.1. The molecule has 1 rings (SSSR count). The number of ketones is 1. The van der Waals surface area contributed by atoms with Gasteiger partial charge in [0, 0.05) is 6.07 Å². The molecule has 0 fully saturated rings. The average molecular weight is 243 g/mol. The number of nitrogens with zero attached hydrogens (tertiary/aromatic N) is 1. The van der Waals surface area contributed by atoms with Gasteiger partial charge in [-0.2, -0.15) is 0 Å². The Kier molecular flexibility index (Phi) is 3.86. The lowest BCUT2D eigenvalue weighted by Gasteiger charge is -2.01. The third kappa shape index (κ3) is 3.07. The van der Waals surface area contributed by atoms with Gasteiger partial charge >= 0.3 is 5.97 Å². The van der Waals surface area contributed by atoms with Crippen molar-refractivity contribution < 1.29 is 28.7 Å². The summed E-state index contributed by atoms with van der Waals surface area (Å²) in [5.74, 6) is -4.47. The number of carboxylic acids is 1. The molecule has 17 heavy (non-hydrogen) atoms. The molecule has 0 amide bonds. The smallest absolute Gasteiger partial charge is 0.354 e. The first kappa shape index (κ1) is 12.8. The fourth-order valence-corrected chi connectivity index (χ4v) is 1.12. The molecule has 0 unspecified atom stereocenters. The first-order chi connectivity index (χ1) is 7.95. The van der Waals surface area contributed by atoms with Crippen molar-refractivity contribution in [3.63, 3.8) is 0 Å². The van der Waals surface area contributed by atoms with Gasteiger partial charge in [0.15, 0.2) is 11.5 Å². The van der Waals surface area contributed by atoms with E-state index in [-0.39, 0.29) is 0 Å². The maximum absolute atomic E-state index is 13.1. The van der Waals surface area contributed by atoms with E-state index in [1.807, 2.05) is 0 Å². The molecule has 0 heterocycles. The maximum atomic E-state index is 13.1. The van der Waals surface area contributed by atoms with Gasteiger partial charge in [-0.05, 0) is 12.1 Å². The summed E-state index contributed by atoms with van der Waals surface area (Å²) >= 11 is 0. The quantitative estimate of drug-likeness (QED) is 0.362. The van der Waals surface area contributed by atoms with E-state index in [4.69, 9.17) is 10.3 Å². The van der Waals surface area contributed by atoms with Gasteiger partial charge in [0.2, 0.25) is 0 Å². The molecule has 0 saturated carbocycles. The van der Waals surface area contributed by atoms with Gasteiger partial charge < -0.3 is 10.3 Å². The number of benzene rings is 1. The highest BCUT2D eigenvalue weighted by Gasteiger charge is 2.19. The van der Waals surface area contributed by atoms with Crippen LogP contribution in [0.2, 0.25) is 0 Å². The molecular weight excluding hydrogens is 236 g/mol. The van der Waals surface area contributed by atoms with E-state index >= 15 is 0 Å². The van der Waals surface area contributed by atoms with E-state index in [1.54, 1.807) is 0 Å². The molecule has 5 nitrogen and oxygen atoms in total. The Hall–Kier alpha value is -2.31. The van der Waals surface area contributed by atoms with Crippen LogP contribution >= 0.6 is 0 Å². The third-order valence-electron chi connectivity index (χ3n) is 1.93. The Morgan fingerprint density at radius 2 is 1.94 bits per heavy atom. The molecule has 2 N–H and O–H groups in total. The number of aliphatic carboxylic acids is 1. The van der Waals surface area contributed by atoms with Crippen molar-refractivity contribution in [3.8, 4) is 0 Å². The number of rotatable bonds is 4. The third-order valence-corrected chi connectivity index (χ3v) is 1.93. The van der Waals surface area contributed by atoms with Gasteiger partial charge in [0.1, 0.15) is 11.6 Å². The van der Waals surface area contributed by atoms with E-state index < -0.39 is 41.1 Å². The lowest BCUT2D eigenvalue weighted by atomic mass is 10.1. The summed E-state index contributed by atoms with van der Waals surface area (Å²) in [6, 6.07) is 2.26. The minimum Gasteiger partial charge on any atom is -0.477 e. The second-order valence-electron chi connectivity index (χ2n) is 3.08. The minimum atomic E-state index is -1.59. The topological polar surface area (TPSA) is 87.0 Å². The van der Waals surface area contributed by atoms with E-state index in [0.717, 1.165) is 12.1 Å². The van der Waals surface area contributed by atoms with Crippen LogP contribution in [0.5, 0.6) is 0 Å². The predicted molar refractivity (Wildman–Crippen MR) is 52.2 cm³/mol. The highest BCUT2D eigenvalue weighted by Crippen LogP contribution is 2.12. The van der Waals surface area contributed by atoms with E-state index in [0.29, 0.717) is 6.07 Å². The highest BCUT2D eigenvalue weighted by molar-refractivity contribution is 6.39. The van der Waals surface area contributed by atoms with Crippen molar-refractivity contribution >= 4 is 17.5 Å². The van der Waals surface area contributed by atoms with Crippen molar-refractivity contribution in [1.82, 2.24) is 0 Å². The normalized spacial score (nSPS) is 11.3. The average Bonchev–Trinajstić information content (AvgIpc) is 2.24. The molecule has 0 aliphatic heterocycles. The van der Waals surface area contributed by atoms with E-state index in [1.165, 1.54) is 0 Å². The van der Waals surface area contributed by atoms with Gasteiger partial charge in [-0.15, -0.1) is 0 Å². The first-order valence-corrected chi connectivity index (χ1v) is 4.38. The molecular formula is C10H7F2NO4. The summed E-state index contributed by atoms with van der Waals surface area (Å²) in [5, 5.41) is 19.2. The molecule has 0 atom stereocenters. The van der Waals surface area contributed by atoms with Crippen LogP contribution in [0.4, 0.5) is 8.78 Å². The Morgan fingerprint density at radius 3 is 2.41 bits per heavy atom. The van der Waals surface area contributed by atoms with Crippen LogP contribution in [-0.2, 0) is 4.79 Å². The SMILES string of the molecule is O=C(O)/C(CC(=O)c1ccc(F)cc1F)=N/O. The molecule has 1 aromatic carbocycles. The zero-order valence-corrected chi connectivity index (χ0v) is 8.35. The molecule has 0 bridgehead atoms. The molecule has 0 aliphatic rings. The summed E-state index contributed by atoms with van der Waals surface area (Å²) in [4.78, 5) is 21.9. The number of Topliss-reactive ketones (excluding diaryl/α,β-unsaturated/α-hetero) is 1. The van der Waals surface area contributed by atoms with Crippen LogP contribution in [-0.4, -0.2) is 27.8 Å². The van der Waals surface area contributed by atoms with Crippen molar-refractivity contribution in [3.05, 3.63) is 35.4 Å². The fraction of sp³-hybridized carbons (Fsp3) is 0.100. The van der Waals surface area contributed by atoms with Crippen LogP contribution in [0.1, 0.15) is 16.8 Å². The number of carbonyl (C=O) groups is 2. The second-order valence-corrected chi connectivity index (χ2v) is 3.08. The summed E-state index contributed by atoms with van der Waals surface area (Å²) in [6.07, 6.45) is -0.783. The Balaban J connectivity index is 2.94. The summed E-state index contributed by atoms with van der Waals surface area (Å²) in [6.45, 7) is 0. The maximum Gasteiger partial charge on any atom is 0.354 e. The predicted octanol–water partition coefficient (Wildman–Crippen LogP) is 1.45. The zero-order chi connectivity index (χ0) is 13.0. The number of hydrogen-bond donors (Lipinski definition) is 2. The van der Waals surface area contributed by atoms with Crippen molar-refractivity contribution in [2.24, 2.45) is 5.16 Å². The van der Waals surface area contributed by atoms with Crippen LogP contribution in [0, 0.1) is 11.6 Å². The van der Waals surface area contributed by atoms with Crippen molar-refractivity contribution in [2.45, 2.75) is 6.42 Å². The summed E-state index contributed by atoms with van der Waals surface area (Å²) < 4.78 is 25.7. The van der Waals surface area contributed by atoms with Crippen LogP contribution in [0.3, 0.4) is 0 Å². The number of carboxylic acid groups (broad SMARTS) is 1. The number of halogens is 2. The first-order valence-electron chi connectivity index (χ1n) is 4.38. The Morgan fingerprint density at radius 1 is 1.29 bits per heavy atom. The number of hydrogen-bond acceptors (Lipinski definition) is 4. The molecule has 0 aliphatic carbocycles. The molecule has 0 saturated heterocycles. The van der Waals surface area contributed by atoms with Crippen molar-refractivity contribution in [2.75, 3.05) is 0 Å². The monoisotopic (exact) mass is 243 g/mol. The van der Waals surface area contributed by atoms with E-state index in [2.05, 4.69) is 5.16 Å². The zero-order valence-electron chi connectivity index (χ0n) is 8.35. The van der Waals surface area contributed by atoms with Gasteiger partial charge in [-0.3, -0.25) is 4.79 Å². The molecule has 0 spiro atoms. The fourth-order valence-electron chi connectivity index (χ4n) is 1.12. The molecule has 0 aromatic heterocycles. The molecule has 1 aromatic rings. The Labute approximate surface area is 94.0 Å². The molecule has 0 radical (unpaired) electrons. The van der Waals surface area contributed by atoms with Crippen LogP contribution in [0.15, 0.2) is 23.4 Å². The van der Waals surface area contributed by atoms with Crippen LogP contribution in [0.25, 0.3) is 0 Å². The summed E-state index contributed by atoms with van der Waals surface area (Å²) in [7, 11) is 0. The van der Waals surface area contributed by atoms with E-state index in [9.17, 15) is 18.4 Å². The second kappa shape index (κ2) is 5.15. The van der Waals surface area contributed by atoms with Gasteiger partial charge in [-0.1, -0.05) is 5.16 Å². The number of oxime groups is 1. The van der Waals surface area contributed by atoms with Gasteiger partial charge in [-0.25, -0.2) is 13.6 Å². The van der Waals surface area contributed by atoms with Gasteiger partial charge in [0.25, 0.3) is 0 Å². The summed E-state index contributed by atoms with van der Waals surface area (Å²) in [5.41, 5.74) is -1.28. The Bertz CT molecular complexity index is 499. The van der Waals surface area contributed by atoms with Crippen LogP contribution < -0.4 is 0 Å². The largest absolute Gasteiger partial charge is 0.477 e.